The second-order valence-corrected chi connectivity index (χ2v) is 3.25. The van der Waals surface area contributed by atoms with Crippen LogP contribution >= 0.6 is 0 Å². The van der Waals surface area contributed by atoms with Gasteiger partial charge in [0.2, 0.25) is 5.88 Å². The van der Waals surface area contributed by atoms with Gasteiger partial charge in [-0.25, -0.2) is 0 Å². The van der Waals surface area contributed by atoms with Gasteiger partial charge in [-0.3, -0.25) is 0 Å². The van der Waals surface area contributed by atoms with Gasteiger partial charge in [0.05, 0.1) is 18.0 Å². The number of hydrogen-bond acceptors (Lipinski definition) is 4. The van der Waals surface area contributed by atoms with Gasteiger partial charge in [-0.1, -0.05) is 23.4 Å². The Kier molecular flexibility index (Phi) is 1.56. The van der Waals surface area contributed by atoms with Crippen LogP contribution in [0.15, 0.2) is 45.7 Å². The van der Waals surface area contributed by atoms with Crippen LogP contribution < -0.4 is 5.73 Å². The number of nitrogens with zero attached hydrogens (tertiary/aromatic N) is 1. The highest BCUT2D eigenvalue weighted by Gasteiger charge is 2.11. The Labute approximate surface area is 85.3 Å². The van der Waals surface area contributed by atoms with Crippen molar-refractivity contribution in [3.05, 3.63) is 36.7 Å². The van der Waals surface area contributed by atoms with Crippen LogP contribution in [0.4, 0.5) is 5.88 Å². The number of nitrogen functional groups attached to an aromatic ring is 1. The van der Waals surface area contributed by atoms with Crippen molar-refractivity contribution in [3.63, 3.8) is 0 Å². The van der Waals surface area contributed by atoms with Crippen LogP contribution in [0.3, 0.4) is 0 Å². The molecule has 2 aromatic heterocycles. The van der Waals surface area contributed by atoms with Gasteiger partial charge in [-0.15, -0.1) is 0 Å². The number of hydrogen-bond donors (Lipinski definition) is 1. The van der Waals surface area contributed by atoms with Gasteiger partial charge in [-0.05, 0) is 6.07 Å². The van der Waals surface area contributed by atoms with Crippen molar-refractivity contribution < 1.29 is 8.94 Å². The van der Waals surface area contributed by atoms with E-state index >= 15 is 0 Å². The fourth-order valence-corrected chi connectivity index (χ4v) is 1.66. The SMILES string of the molecule is Nc1oncc1-c1cccc2ccoc12. The van der Waals surface area contributed by atoms with E-state index in [2.05, 4.69) is 5.16 Å². The lowest BCUT2D eigenvalue weighted by Gasteiger charge is -1.98. The van der Waals surface area contributed by atoms with Crippen molar-refractivity contribution in [3.8, 4) is 11.1 Å². The molecule has 0 bridgehead atoms. The van der Waals surface area contributed by atoms with Crippen LogP contribution in [-0.4, -0.2) is 5.16 Å². The third kappa shape index (κ3) is 1.11. The molecule has 0 aliphatic rings. The van der Waals surface area contributed by atoms with Crippen LogP contribution in [0.25, 0.3) is 22.1 Å². The molecule has 0 aliphatic carbocycles. The van der Waals surface area contributed by atoms with Crippen molar-refractivity contribution >= 4 is 16.9 Å². The number of aromatic nitrogens is 1. The molecule has 0 atom stereocenters. The van der Waals surface area contributed by atoms with E-state index in [0.717, 1.165) is 22.1 Å². The number of rotatable bonds is 1. The number of benzene rings is 1. The molecule has 1 aromatic carbocycles. The second-order valence-electron chi connectivity index (χ2n) is 3.25. The van der Waals surface area contributed by atoms with Gasteiger partial charge in [0.15, 0.2) is 0 Å². The van der Waals surface area contributed by atoms with Gasteiger partial charge in [0, 0.05) is 10.9 Å². The molecule has 0 spiro atoms. The van der Waals surface area contributed by atoms with Crippen molar-refractivity contribution in [2.45, 2.75) is 0 Å². The zero-order chi connectivity index (χ0) is 10.3. The summed E-state index contributed by atoms with van der Waals surface area (Å²) in [5.41, 5.74) is 8.12. The van der Waals surface area contributed by atoms with Crippen LogP contribution in [0.1, 0.15) is 0 Å². The largest absolute Gasteiger partial charge is 0.464 e. The standard InChI is InChI=1S/C11H8N2O2/c12-11-9(6-13-15-11)8-3-1-2-7-4-5-14-10(7)8/h1-6H,12H2. The Morgan fingerprint density at radius 1 is 1.13 bits per heavy atom. The Hall–Kier alpha value is -2.23. The summed E-state index contributed by atoms with van der Waals surface area (Å²) in [6.07, 6.45) is 3.24. The minimum absolute atomic E-state index is 0.305. The number of nitrogens with two attached hydrogens (primary N) is 1. The molecule has 4 heteroatoms. The normalized spacial score (nSPS) is 10.9. The summed E-state index contributed by atoms with van der Waals surface area (Å²) in [5.74, 6) is 0.305. The lowest BCUT2D eigenvalue weighted by Crippen LogP contribution is -1.84. The molecular formula is C11H8N2O2. The predicted octanol–water partition coefficient (Wildman–Crippen LogP) is 2.67. The Bertz CT molecular complexity index is 610. The number of para-hydroxylation sites is 1. The second kappa shape index (κ2) is 2.88. The van der Waals surface area contributed by atoms with E-state index in [0.29, 0.717) is 5.88 Å². The number of fused-ring (bicyclic) bond motifs is 1. The zero-order valence-electron chi connectivity index (χ0n) is 7.81. The van der Waals surface area contributed by atoms with Gasteiger partial charge >= 0.3 is 0 Å². The lowest BCUT2D eigenvalue weighted by atomic mass is 10.1. The predicted molar refractivity (Wildman–Crippen MR) is 56.1 cm³/mol. The number of furan rings is 1. The van der Waals surface area contributed by atoms with E-state index in [4.69, 9.17) is 14.7 Å². The topological polar surface area (TPSA) is 65.2 Å². The fourth-order valence-electron chi connectivity index (χ4n) is 1.66. The third-order valence-corrected chi connectivity index (χ3v) is 2.37. The van der Waals surface area contributed by atoms with Gasteiger partial charge < -0.3 is 14.7 Å². The summed E-state index contributed by atoms with van der Waals surface area (Å²) in [6, 6.07) is 7.75. The van der Waals surface area contributed by atoms with E-state index in [9.17, 15) is 0 Å². The summed E-state index contributed by atoms with van der Waals surface area (Å²) in [4.78, 5) is 0. The average Bonchev–Trinajstić information content (AvgIpc) is 2.85. The summed E-state index contributed by atoms with van der Waals surface area (Å²) < 4.78 is 10.2. The molecule has 0 saturated carbocycles. The molecule has 2 N–H and O–H groups in total. The van der Waals surface area contributed by atoms with E-state index in [1.807, 2.05) is 24.3 Å². The van der Waals surface area contributed by atoms with Crippen LogP contribution in [0, 0.1) is 0 Å². The molecule has 3 aromatic rings. The van der Waals surface area contributed by atoms with Crippen LogP contribution in [0.5, 0.6) is 0 Å². The molecule has 0 fully saturated rings. The minimum atomic E-state index is 0.305. The first-order valence-corrected chi connectivity index (χ1v) is 4.53. The van der Waals surface area contributed by atoms with Gasteiger partial charge in [-0.2, -0.15) is 0 Å². The maximum absolute atomic E-state index is 5.66. The summed E-state index contributed by atoms with van der Waals surface area (Å²) in [7, 11) is 0. The smallest absolute Gasteiger partial charge is 0.230 e. The highest BCUT2D eigenvalue weighted by atomic mass is 16.5. The average molecular weight is 200 g/mol. The quantitative estimate of drug-likeness (QED) is 0.655. The molecular weight excluding hydrogens is 192 g/mol. The summed E-state index contributed by atoms with van der Waals surface area (Å²) in [5, 5.41) is 4.68. The molecule has 4 nitrogen and oxygen atoms in total. The molecule has 0 saturated heterocycles. The van der Waals surface area contributed by atoms with Gasteiger partial charge in [0.25, 0.3) is 0 Å². The molecule has 0 aliphatic heterocycles. The molecule has 74 valence electrons. The molecule has 0 amide bonds. The molecule has 0 radical (unpaired) electrons. The third-order valence-electron chi connectivity index (χ3n) is 2.37. The van der Waals surface area contributed by atoms with E-state index in [1.165, 1.54) is 0 Å². The maximum atomic E-state index is 5.66. The van der Waals surface area contributed by atoms with E-state index in [-0.39, 0.29) is 0 Å². The molecule has 3 rings (SSSR count). The Balaban J connectivity index is 2.36. The lowest BCUT2D eigenvalue weighted by molar-refractivity contribution is 0.436. The monoisotopic (exact) mass is 200 g/mol. The first-order chi connectivity index (χ1) is 7.36. The zero-order valence-corrected chi connectivity index (χ0v) is 7.81. The first kappa shape index (κ1) is 8.11. The minimum Gasteiger partial charge on any atom is -0.464 e. The highest BCUT2D eigenvalue weighted by Crippen LogP contribution is 2.32. The summed E-state index contributed by atoms with van der Waals surface area (Å²) in [6.45, 7) is 0. The van der Waals surface area contributed by atoms with Crippen LogP contribution in [0.2, 0.25) is 0 Å². The van der Waals surface area contributed by atoms with Crippen molar-refractivity contribution in [1.82, 2.24) is 5.16 Å². The van der Waals surface area contributed by atoms with E-state index < -0.39 is 0 Å². The van der Waals surface area contributed by atoms with Crippen molar-refractivity contribution in [1.29, 1.82) is 0 Å². The maximum Gasteiger partial charge on any atom is 0.230 e. The Morgan fingerprint density at radius 3 is 2.87 bits per heavy atom. The number of anilines is 1. The van der Waals surface area contributed by atoms with Crippen LogP contribution in [-0.2, 0) is 0 Å². The fraction of sp³-hybridized carbons (Fsp3) is 0. The highest BCUT2D eigenvalue weighted by molar-refractivity contribution is 5.94. The first-order valence-electron chi connectivity index (χ1n) is 4.53. The Morgan fingerprint density at radius 2 is 2.07 bits per heavy atom. The van der Waals surface area contributed by atoms with Gasteiger partial charge in [0.1, 0.15) is 5.58 Å². The summed E-state index contributed by atoms with van der Waals surface area (Å²) >= 11 is 0. The van der Waals surface area contributed by atoms with Crippen molar-refractivity contribution in [2.75, 3.05) is 5.73 Å². The van der Waals surface area contributed by atoms with Crippen molar-refractivity contribution in [2.24, 2.45) is 0 Å². The van der Waals surface area contributed by atoms with E-state index in [1.54, 1.807) is 12.5 Å². The molecule has 15 heavy (non-hydrogen) atoms. The molecule has 0 unspecified atom stereocenters. The molecule has 2 heterocycles.